The van der Waals surface area contributed by atoms with Crippen LogP contribution in [0.1, 0.15) is 13.3 Å². The standard InChI is InChI=1S/C8H9F3O2S/c1-5-6(9)3-4-8(11,7(5)10)14(2,12)13/h3H,4H2,1-2H3. The van der Waals surface area contributed by atoms with Crippen LogP contribution in [0.2, 0.25) is 0 Å². The molecule has 0 aromatic carbocycles. The van der Waals surface area contributed by atoms with E-state index >= 15 is 0 Å². The molecule has 80 valence electrons. The van der Waals surface area contributed by atoms with Crippen molar-refractivity contribution < 1.29 is 21.6 Å². The van der Waals surface area contributed by atoms with Crippen LogP contribution in [0.4, 0.5) is 13.2 Å². The number of hydrogen-bond donors (Lipinski definition) is 0. The summed E-state index contributed by atoms with van der Waals surface area (Å²) < 4.78 is 61.6. The minimum Gasteiger partial charge on any atom is -0.225 e. The van der Waals surface area contributed by atoms with Crippen LogP contribution >= 0.6 is 0 Å². The Morgan fingerprint density at radius 3 is 2.36 bits per heavy atom. The summed E-state index contributed by atoms with van der Waals surface area (Å²) in [5.74, 6) is -2.47. The van der Waals surface area contributed by atoms with E-state index in [4.69, 9.17) is 0 Å². The summed E-state index contributed by atoms with van der Waals surface area (Å²) in [5, 5.41) is -3.10. The fourth-order valence-corrected chi connectivity index (χ4v) is 2.03. The molecule has 0 saturated heterocycles. The van der Waals surface area contributed by atoms with Gasteiger partial charge in [-0.25, -0.2) is 21.6 Å². The molecule has 6 heteroatoms. The molecule has 1 aliphatic carbocycles. The third-order valence-electron chi connectivity index (χ3n) is 2.15. The van der Waals surface area contributed by atoms with Gasteiger partial charge in [0.25, 0.3) is 5.00 Å². The van der Waals surface area contributed by atoms with Crippen molar-refractivity contribution in [3.63, 3.8) is 0 Å². The molecular weight excluding hydrogens is 217 g/mol. The van der Waals surface area contributed by atoms with Crippen LogP contribution in [0, 0.1) is 0 Å². The molecule has 14 heavy (non-hydrogen) atoms. The molecule has 1 atom stereocenters. The van der Waals surface area contributed by atoms with E-state index in [0.717, 1.165) is 13.0 Å². The van der Waals surface area contributed by atoms with Crippen molar-refractivity contribution in [2.45, 2.75) is 18.3 Å². The highest BCUT2D eigenvalue weighted by molar-refractivity contribution is 7.92. The quantitative estimate of drug-likeness (QED) is 0.686. The molecule has 1 aliphatic rings. The van der Waals surface area contributed by atoms with E-state index in [9.17, 15) is 21.6 Å². The summed E-state index contributed by atoms with van der Waals surface area (Å²) in [7, 11) is -4.24. The average molecular weight is 226 g/mol. The first-order valence-corrected chi connectivity index (χ1v) is 5.70. The molecule has 0 aliphatic heterocycles. The molecule has 0 heterocycles. The van der Waals surface area contributed by atoms with Gasteiger partial charge in [-0.15, -0.1) is 0 Å². The Bertz CT molecular complexity index is 422. The van der Waals surface area contributed by atoms with E-state index in [-0.39, 0.29) is 0 Å². The highest BCUT2D eigenvalue weighted by Crippen LogP contribution is 2.40. The Morgan fingerprint density at radius 1 is 1.43 bits per heavy atom. The minimum atomic E-state index is -4.24. The van der Waals surface area contributed by atoms with E-state index in [1.165, 1.54) is 0 Å². The largest absolute Gasteiger partial charge is 0.264 e. The van der Waals surface area contributed by atoms with Gasteiger partial charge in [0.1, 0.15) is 5.83 Å². The summed E-state index contributed by atoms with van der Waals surface area (Å²) in [6.45, 7) is 1.000. The highest BCUT2D eigenvalue weighted by Gasteiger charge is 2.48. The van der Waals surface area contributed by atoms with Gasteiger partial charge in [-0.2, -0.15) is 0 Å². The first kappa shape index (κ1) is 11.3. The molecule has 1 unspecified atom stereocenters. The molecule has 0 fully saturated rings. The Morgan fingerprint density at radius 2 is 1.93 bits per heavy atom. The fourth-order valence-electron chi connectivity index (χ4n) is 1.16. The average Bonchev–Trinajstić information content (AvgIpc) is 2.06. The van der Waals surface area contributed by atoms with E-state index in [0.29, 0.717) is 6.26 Å². The lowest BCUT2D eigenvalue weighted by Gasteiger charge is -2.24. The smallest absolute Gasteiger partial charge is 0.225 e. The van der Waals surface area contributed by atoms with Gasteiger partial charge in [-0.05, 0) is 13.0 Å². The minimum absolute atomic E-state index is 0.580. The van der Waals surface area contributed by atoms with Gasteiger partial charge < -0.3 is 0 Å². The summed E-state index contributed by atoms with van der Waals surface area (Å²) in [6, 6.07) is 0. The van der Waals surface area contributed by atoms with Gasteiger partial charge in [0.05, 0.1) is 0 Å². The molecule has 0 bridgehead atoms. The third-order valence-corrected chi connectivity index (χ3v) is 3.67. The lowest BCUT2D eigenvalue weighted by atomic mass is 10.0. The van der Waals surface area contributed by atoms with Gasteiger partial charge in [0.15, 0.2) is 15.7 Å². The van der Waals surface area contributed by atoms with Gasteiger partial charge in [0.2, 0.25) is 0 Å². The molecule has 0 spiro atoms. The first-order chi connectivity index (χ1) is 6.20. The van der Waals surface area contributed by atoms with Crippen molar-refractivity contribution >= 4 is 9.84 Å². The van der Waals surface area contributed by atoms with Crippen molar-refractivity contribution in [3.05, 3.63) is 23.3 Å². The van der Waals surface area contributed by atoms with Crippen LogP contribution in [0.15, 0.2) is 23.3 Å². The van der Waals surface area contributed by atoms with Crippen LogP contribution in [-0.2, 0) is 9.84 Å². The predicted molar refractivity (Wildman–Crippen MR) is 46.3 cm³/mol. The van der Waals surface area contributed by atoms with Crippen molar-refractivity contribution in [3.8, 4) is 0 Å². The van der Waals surface area contributed by atoms with E-state index in [2.05, 4.69) is 0 Å². The molecule has 0 aromatic heterocycles. The molecule has 0 radical (unpaired) electrons. The summed E-state index contributed by atoms with van der Waals surface area (Å²) >= 11 is 0. The van der Waals surface area contributed by atoms with Crippen molar-refractivity contribution in [1.29, 1.82) is 0 Å². The Hall–Kier alpha value is -0.780. The van der Waals surface area contributed by atoms with Crippen molar-refractivity contribution in [1.82, 2.24) is 0 Å². The van der Waals surface area contributed by atoms with Crippen molar-refractivity contribution in [2.75, 3.05) is 6.26 Å². The lowest BCUT2D eigenvalue weighted by Crippen LogP contribution is -2.35. The van der Waals surface area contributed by atoms with Crippen LogP contribution < -0.4 is 0 Å². The Balaban J connectivity index is 3.36. The number of rotatable bonds is 1. The number of halogens is 3. The maximum Gasteiger partial charge on any atom is 0.264 e. The second kappa shape index (κ2) is 3.12. The van der Waals surface area contributed by atoms with Gasteiger partial charge in [0, 0.05) is 18.2 Å². The zero-order chi connectivity index (χ0) is 11.1. The third kappa shape index (κ3) is 1.47. The summed E-state index contributed by atoms with van der Waals surface area (Å²) in [5.41, 5.74) is -0.593. The number of alkyl halides is 1. The van der Waals surface area contributed by atoms with E-state index in [1.807, 2.05) is 0 Å². The maximum atomic E-state index is 13.7. The van der Waals surface area contributed by atoms with E-state index in [1.54, 1.807) is 0 Å². The molecule has 0 saturated carbocycles. The zero-order valence-electron chi connectivity index (χ0n) is 7.64. The first-order valence-electron chi connectivity index (χ1n) is 3.81. The monoisotopic (exact) mass is 226 g/mol. The van der Waals surface area contributed by atoms with Gasteiger partial charge in [-0.1, -0.05) is 0 Å². The second-order valence-corrected chi connectivity index (χ2v) is 5.39. The van der Waals surface area contributed by atoms with Crippen LogP contribution in [0.25, 0.3) is 0 Å². The summed E-state index contributed by atoms with van der Waals surface area (Å²) in [6.07, 6.45) is 0.497. The Labute approximate surface area is 80.0 Å². The molecule has 0 N–H and O–H groups in total. The molecule has 0 amide bonds. The topological polar surface area (TPSA) is 34.1 Å². The van der Waals surface area contributed by atoms with Crippen molar-refractivity contribution in [2.24, 2.45) is 0 Å². The molecular formula is C8H9F3O2S. The summed E-state index contributed by atoms with van der Waals surface area (Å²) in [4.78, 5) is 0. The van der Waals surface area contributed by atoms with Crippen LogP contribution in [0.3, 0.4) is 0 Å². The fraction of sp³-hybridized carbons (Fsp3) is 0.500. The highest BCUT2D eigenvalue weighted by atomic mass is 32.2. The normalized spacial score (nSPS) is 29.1. The lowest BCUT2D eigenvalue weighted by molar-refractivity contribution is 0.260. The van der Waals surface area contributed by atoms with Gasteiger partial charge >= 0.3 is 0 Å². The Kier molecular flexibility index (Phi) is 2.51. The van der Waals surface area contributed by atoms with Crippen LogP contribution in [0.5, 0.6) is 0 Å². The number of sulfone groups is 1. The molecule has 0 aromatic rings. The van der Waals surface area contributed by atoms with E-state index < -0.39 is 38.5 Å². The number of hydrogen-bond acceptors (Lipinski definition) is 2. The SMILES string of the molecule is CC1=C(F)C(F)(S(C)(=O)=O)CC=C1F. The van der Waals surface area contributed by atoms with Gasteiger partial charge in [-0.3, -0.25) is 0 Å². The predicted octanol–water partition coefficient (Wildman–Crippen LogP) is 2.20. The number of allylic oxidation sites excluding steroid dienone is 3. The van der Waals surface area contributed by atoms with Crippen LogP contribution in [-0.4, -0.2) is 19.7 Å². The zero-order valence-corrected chi connectivity index (χ0v) is 8.46. The molecule has 2 nitrogen and oxygen atoms in total. The molecule has 1 rings (SSSR count). The maximum absolute atomic E-state index is 13.7. The second-order valence-electron chi connectivity index (χ2n) is 3.20.